The van der Waals surface area contributed by atoms with Crippen LogP contribution in [0.4, 0.5) is 5.69 Å². The van der Waals surface area contributed by atoms with E-state index in [-0.39, 0.29) is 0 Å². The summed E-state index contributed by atoms with van der Waals surface area (Å²) < 4.78 is 0. The Kier molecular flexibility index (Phi) is 3.84. The summed E-state index contributed by atoms with van der Waals surface area (Å²) in [4.78, 5) is 2.35. The summed E-state index contributed by atoms with van der Waals surface area (Å²) in [5, 5.41) is 3.64. The third kappa shape index (κ3) is 3.06. The lowest BCUT2D eigenvalue weighted by molar-refractivity contribution is 0.662. The highest BCUT2D eigenvalue weighted by molar-refractivity contribution is 5.64. The summed E-state index contributed by atoms with van der Waals surface area (Å²) in [6.45, 7) is 6.78. The number of likely N-dealkylation sites (N-methyl/N-ethyl adjacent to an activating group) is 1. The van der Waals surface area contributed by atoms with Crippen LogP contribution in [0.1, 0.15) is 37.8 Å². The van der Waals surface area contributed by atoms with Crippen molar-refractivity contribution in [2.45, 2.75) is 39.2 Å². The topological polar surface area (TPSA) is 15.3 Å². The Morgan fingerprint density at radius 1 is 1.40 bits per heavy atom. The average Bonchev–Trinajstić information content (AvgIpc) is 3.18. The molecule has 1 N–H and O–H groups in total. The highest BCUT2D eigenvalue weighted by Gasteiger charge is 2.21. The van der Waals surface area contributed by atoms with E-state index in [0.717, 1.165) is 19.1 Å². The first kappa shape index (κ1) is 13.7. The fraction of sp³-hybridized carbons (Fsp3) is 0.556. The average molecular weight is 270 g/mol. The molecule has 0 spiro atoms. The quantitative estimate of drug-likeness (QED) is 0.881. The van der Waals surface area contributed by atoms with Crippen molar-refractivity contribution in [2.24, 2.45) is 5.92 Å². The van der Waals surface area contributed by atoms with Gasteiger partial charge >= 0.3 is 0 Å². The highest BCUT2D eigenvalue weighted by Crippen LogP contribution is 2.28. The summed E-state index contributed by atoms with van der Waals surface area (Å²) in [5.41, 5.74) is 5.78. The molecule has 2 nitrogen and oxygen atoms in total. The molecule has 0 radical (unpaired) electrons. The predicted octanol–water partition coefficient (Wildman–Crippen LogP) is 3.47. The van der Waals surface area contributed by atoms with Crippen LogP contribution in [0.5, 0.6) is 0 Å². The first-order chi connectivity index (χ1) is 9.63. The highest BCUT2D eigenvalue weighted by atomic mass is 15.1. The second kappa shape index (κ2) is 5.61. The molecule has 0 aromatic heterocycles. The monoisotopic (exact) mass is 270 g/mol. The van der Waals surface area contributed by atoms with Gasteiger partial charge in [-0.1, -0.05) is 31.6 Å². The molecule has 1 saturated carbocycles. The van der Waals surface area contributed by atoms with Gasteiger partial charge < -0.3 is 10.2 Å². The molecule has 108 valence electrons. The Hall–Kier alpha value is -1.28. The molecule has 0 bridgehead atoms. The number of nitrogens with zero attached hydrogens (tertiary/aromatic N) is 1. The molecule has 1 aromatic rings. The van der Waals surface area contributed by atoms with Crippen LogP contribution in [-0.2, 0) is 6.42 Å². The van der Waals surface area contributed by atoms with Gasteiger partial charge in [0.05, 0.1) is 0 Å². The van der Waals surface area contributed by atoms with Gasteiger partial charge in [-0.25, -0.2) is 0 Å². The molecule has 1 aromatic carbocycles. The molecule has 1 fully saturated rings. The van der Waals surface area contributed by atoms with Crippen LogP contribution in [-0.4, -0.2) is 26.2 Å². The van der Waals surface area contributed by atoms with Crippen molar-refractivity contribution in [1.29, 1.82) is 0 Å². The van der Waals surface area contributed by atoms with Crippen LogP contribution in [0, 0.1) is 5.92 Å². The van der Waals surface area contributed by atoms with Crippen LogP contribution in [0.15, 0.2) is 23.8 Å². The first-order valence-corrected chi connectivity index (χ1v) is 7.91. The molecule has 1 aliphatic carbocycles. The summed E-state index contributed by atoms with van der Waals surface area (Å²) in [7, 11) is 2.18. The van der Waals surface area contributed by atoms with E-state index in [9.17, 15) is 0 Å². The number of hydrogen-bond acceptors (Lipinski definition) is 2. The number of hydrogen-bond donors (Lipinski definition) is 1. The van der Waals surface area contributed by atoms with Crippen LogP contribution in [0.2, 0.25) is 0 Å². The Balaban J connectivity index is 1.77. The number of nitrogens with one attached hydrogen (secondary N) is 1. The van der Waals surface area contributed by atoms with Gasteiger partial charge in [-0.15, -0.1) is 0 Å². The minimum Gasteiger partial charge on any atom is -0.374 e. The maximum atomic E-state index is 3.64. The van der Waals surface area contributed by atoms with Gasteiger partial charge in [0.25, 0.3) is 0 Å². The maximum Gasteiger partial charge on any atom is 0.0397 e. The van der Waals surface area contributed by atoms with E-state index in [1.54, 1.807) is 0 Å². The second-order valence-corrected chi connectivity index (χ2v) is 6.59. The fourth-order valence-corrected chi connectivity index (χ4v) is 2.86. The van der Waals surface area contributed by atoms with Crippen LogP contribution < -0.4 is 10.2 Å². The Morgan fingerprint density at radius 3 is 2.90 bits per heavy atom. The van der Waals surface area contributed by atoms with Gasteiger partial charge in [0.1, 0.15) is 0 Å². The molecule has 1 heterocycles. The van der Waals surface area contributed by atoms with E-state index in [2.05, 4.69) is 55.4 Å². The normalized spacial score (nSPS) is 18.8. The van der Waals surface area contributed by atoms with Crippen molar-refractivity contribution >= 4 is 11.8 Å². The zero-order valence-corrected chi connectivity index (χ0v) is 12.9. The molecule has 20 heavy (non-hydrogen) atoms. The molecule has 2 aliphatic rings. The minimum atomic E-state index is 0.608. The molecule has 0 atom stereocenters. The molecule has 1 aliphatic heterocycles. The Labute approximate surface area is 122 Å². The van der Waals surface area contributed by atoms with E-state index >= 15 is 0 Å². The van der Waals surface area contributed by atoms with Crippen molar-refractivity contribution in [3.8, 4) is 0 Å². The molecular weight excluding hydrogens is 244 g/mol. The number of anilines is 1. The molecule has 0 amide bonds. The van der Waals surface area contributed by atoms with Gasteiger partial charge in [0.15, 0.2) is 0 Å². The maximum absolute atomic E-state index is 3.64. The van der Waals surface area contributed by atoms with Gasteiger partial charge in [0, 0.05) is 31.9 Å². The standard InChI is InChI=1S/C18H26N2/c1-13(2)16(12-19-17-5-6-17)11-14-4-7-18-15(10-14)8-9-20(18)3/h4,7,10-11,13,17,19H,5-6,8-9,12H2,1-3H3. The number of fused-ring (bicyclic) bond motifs is 1. The molecule has 2 heteroatoms. The van der Waals surface area contributed by atoms with E-state index in [0.29, 0.717) is 5.92 Å². The summed E-state index contributed by atoms with van der Waals surface area (Å²) in [6.07, 6.45) is 6.29. The Morgan fingerprint density at radius 2 is 2.20 bits per heavy atom. The predicted molar refractivity (Wildman–Crippen MR) is 87.3 cm³/mol. The van der Waals surface area contributed by atoms with Gasteiger partial charge in [-0.2, -0.15) is 0 Å². The molecule has 3 rings (SSSR count). The van der Waals surface area contributed by atoms with Crippen molar-refractivity contribution in [3.63, 3.8) is 0 Å². The van der Waals surface area contributed by atoms with E-state index in [1.807, 2.05) is 0 Å². The lowest BCUT2D eigenvalue weighted by atomic mass is 9.99. The van der Waals surface area contributed by atoms with E-state index in [4.69, 9.17) is 0 Å². The lowest BCUT2D eigenvalue weighted by Gasteiger charge is -2.14. The van der Waals surface area contributed by atoms with Crippen LogP contribution in [0.3, 0.4) is 0 Å². The number of benzene rings is 1. The molecule has 0 unspecified atom stereocenters. The van der Waals surface area contributed by atoms with Crippen molar-refractivity contribution in [2.75, 3.05) is 25.0 Å². The zero-order chi connectivity index (χ0) is 14.1. The van der Waals surface area contributed by atoms with Gasteiger partial charge in [-0.3, -0.25) is 0 Å². The third-order valence-corrected chi connectivity index (χ3v) is 4.50. The fourth-order valence-electron chi connectivity index (χ4n) is 2.86. The van der Waals surface area contributed by atoms with Crippen molar-refractivity contribution in [3.05, 3.63) is 34.9 Å². The summed E-state index contributed by atoms with van der Waals surface area (Å²) in [5.74, 6) is 0.608. The first-order valence-electron chi connectivity index (χ1n) is 7.91. The van der Waals surface area contributed by atoms with Gasteiger partial charge in [-0.05, 0) is 48.4 Å². The third-order valence-electron chi connectivity index (χ3n) is 4.50. The second-order valence-electron chi connectivity index (χ2n) is 6.59. The van der Waals surface area contributed by atoms with Crippen LogP contribution >= 0.6 is 0 Å². The SMILES string of the molecule is CC(C)C(=Cc1ccc2c(c1)CCN2C)CNC1CC1. The lowest BCUT2D eigenvalue weighted by Crippen LogP contribution is -2.21. The van der Waals surface area contributed by atoms with Gasteiger partial charge in [0.2, 0.25) is 0 Å². The zero-order valence-electron chi connectivity index (χ0n) is 12.9. The molecule has 0 saturated heterocycles. The smallest absolute Gasteiger partial charge is 0.0397 e. The summed E-state index contributed by atoms with van der Waals surface area (Å²) in [6, 6.07) is 7.70. The summed E-state index contributed by atoms with van der Waals surface area (Å²) >= 11 is 0. The van der Waals surface area contributed by atoms with E-state index in [1.165, 1.54) is 41.6 Å². The number of rotatable bonds is 5. The minimum absolute atomic E-state index is 0.608. The van der Waals surface area contributed by atoms with Crippen LogP contribution in [0.25, 0.3) is 6.08 Å². The largest absolute Gasteiger partial charge is 0.374 e. The van der Waals surface area contributed by atoms with E-state index < -0.39 is 0 Å². The molecular formula is C18H26N2. The Bertz CT molecular complexity index is 512. The van der Waals surface area contributed by atoms with Crippen molar-refractivity contribution < 1.29 is 0 Å². The van der Waals surface area contributed by atoms with Crippen molar-refractivity contribution in [1.82, 2.24) is 5.32 Å².